The number of urea groups is 1. The van der Waals surface area contributed by atoms with Crippen LogP contribution in [-0.2, 0) is 14.4 Å². The van der Waals surface area contributed by atoms with Crippen LogP contribution in [0.5, 0.6) is 11.5 Å². The monoisotopic (exact) mass is 553 g/mol. The van der Waals surface area contributed by atoms with Crippen LogP contribution in [0, 0.1) is 6.92 Å². The van der Waals surface area contributed by atoms with E-state index < -0.39 is 23.8 Å². The number of ether oxygens (including phenoxy) is 2. The fourth-order valence-electron chi connectivity index (χ4n) is 3.65. The van der Waals surface area contributed by atoms with Gasteiger partial charge in [-0.25, -0.2) is 9.69 Å². The zero-order valence-corrected chi connectivity index (χ0v) is 21.7. The van der Waals surface area contributed by atoms with Crippen molar-refractivity contribution in [2.75, 3.05) is 23.9 Å². The van der Waals surface area contributed by atoms with E-state index in [1.165, 1.54) is 24.3 Å². The van der Waals surface area contributed by atoms with Crippen molar-refractivity contribution in [3.63, 3.8) is 0 Å². The summed E-state index contributed by atoms with van der Waals surface area (Å²) in [6.45, 7) is 1.29. The Kier molecular flexibility index (Phi) is 7.99. The van der Waals surface area contributed by atoms with Crippen molar-refractivity contribution in [1.82, 2.24) is 5.32 Å². The first kappa shape index (κ1) is 26.7. The van der Waals surface area contributed by atoms with Crippen molar-refractivity contribution in [2.24, 2.45) is 0 Å². The van der Waals surface area contributed by atoms with Crippen LogP contribution in [0.4, 0.5) is 16.2 Å². The largest absolute Gasteiger partial charge is 0.497 e. The lowest BCUT2D eigenvalue weighted by Crippen LogP contribution is -2.54. The van der Waals surface area contributed by atoms with E-state index in [0.29, 0.717) is 27.0 Å². The molecule has 5 amide bonds. The highest BCUT2D eigenvalue weighted by Crippen LogP contribution is 2.31. The molecule has 0 aromatic heterocycles. The van der Waals surface area contributed by atoms with Gasteiger partial charge in [0.05, 0.1) is 12.8 Å². The smallest absolute Gasteiger partial charge is 0.335 e. The highest BCUT2D eigenvalue weighted by atomic mass is 35.5. The number of benzene rings is 3. The van der Waals surface area contributed by atoms with Gasteiger partial charge in [-0.3, -0.25) is 19.7 Å². The van der Waals surface area contributed by atoms with Crippen molar-refractivity contribution in [3.8, 4) is 11.5 Å². The number of amides is 5. The fourth-order valence-corrected chi connectivity index (χ4v) is 4.00. The molecule has 0 aliphatic carbocycles. The quantitative estimate of drug-likeness (QED) is 0.314. The molecule has 0 bridgehead atoms. The molecule has 194 valence electrons. The van der Waals surface area contributed by atoms with E-state index in [2.05, 4.69) is 10.6 Å². The molecule has 1 fully saturated rings. The lowest BCUT2D eigenvalue weighted by Gasteiger charge is -2.27. The summed E-state index contributed by atoms with van der Waals surface area (Å²) in [4.78, 5) is 51.8. The average Bonchev–Trinajstić information content (AvgIpc) is 2.89. The third-order valence-electron chi connectivity index (χ3n) is 5.59. The van der Waals surface area contributed by atoms with Crippen LogP contribution in [0.1, 0.15) is 11.1 Å². The maximum absolute atomic E-state index is 13.3. The minimum absolute atomic E-state index is 0.190. The first-order chi connectivity index (χ1) is 18.2. The van der Waals surface area contributed by atoms with Crippen LogP contribution in [0.25, 0.3) is 6.08 Å². The Morgan fingerprint density at radius 2 is 1.79 bits per heavy atom. The van der Waals surface area contributed by atoms with Crippen LogP contribution in [0.2, 0.25) is 10.0 Å². The highest BCUT2D eigenvalue weighted by Gasteiger charge is 2.37. The van der Waals surface area contributed by atoms with Crippen LogP contribution in [0.3, 0.4) is 0 Å². The third-order valence-corrected chi connectivity index (χ3v) is 6.23. The van der Waals surface area contributed by atoms with Gasteiger partial charge < -0.3 is 14.8 Å². The number of carbonyl (C=O) groups excluding carboxylic acids is 4. The molecule has 0 saturated carbocycles. The van der Waals surface area contributed by atoms with Gasteiger partial charge in [0.15, 0.2) is 6.61 Å². The second-order valence-electron chi connectivity index (χ2n) is 8.09. The molecule has 0 unspecified atom stereocenters. The Morgan fingerprint density at radius 1 is 1.05 bits per heavy atom. The molecule has 3 aromatic carbocycles. The maximum Gasteiger partial charge on any atom is 0.335 e. The third kappa shape index (κ3) is 5.80. The number of methoxy groups -OCH3 is 1. The first-order valence-electron chi connectivity index (χ1n) is 11.2. The van der Waals surface area contributed by atoms with Gasteiger partial charge in [-0.15, -0.1) is 0 Å². The summed E-state index contributed by atoms with van der Waals surface area (Å²) < 4.78 is 10.8. The maximum atomic E-state index is 13.3. The van der Waals surface area contributed by atoms with Crippen molar-refractivity contribution in [3.05, 3.63) is 87.4 Å². The van der Waals surface area contributed by atoms with Gasteiger partial charge in [0, 0.05) is 21.3 Å². The number of anilines is 2. The minimum Gasteiger partial charge on any atom is -0.497 e. The van der Waals surface area contributed by atoms with Gasteiger partial charge in [0.25, 0.3) is 17.7 Å². The second-order valence-corrected chi connectivity index (χ2v) is 8.93. The topological polar surface area (TPSA) is 114 Å². The van der Waals surface area contributed by atoms with Crippen LogP contribution < -0.4 is 25.0 Å². The van der Waals surface area contributed by atoms with Crippen LogP contribution in [-0.4, -0.2) is 37.5 Å². The first-order valence-corrected chi connectivity index (χ1v) is 12.0. The molecule has 1 aliphatic heterocycles. The Labute approximate surface area is 227 Å². The van der Waals surface area contributed by atoms with E-state index >= 15 is 0 Å². The zero-order valence-electron chi connectivity index (χ0n) is 20.2. The van der Waals surface area contributed by atoms with Crippen LogP contribution >= 0.6 is 23.2 Å². The molecule has 3 aromatic rings. The van der Waals surface area contributed by atoms with Crippen molar-refractivity contribution in [1.29, 1.82) is 0 Å². The van der Waals surface area contributed by atoms with E-state index in [1.54, 1.807) is 56.5 Å². The van der Waals surface area contributed by atoms with Gasteiger partial charge in [0.2, 0.25) is 0 Å². The molecular weight excluding hydrogens is 533 g/mol. The Balaban J connectivity index is 1.58. The fraction of sp³-hybridized carbons (Fsp3) is 0.111. The number of barbiturate groups is 1. The molecule has 0 radical (unpaired) electrons. The molecule has 1 heterocycles. The molecule has 4 rings (SSSR count). The summed E-state index contributed by atoms with van der Waals surface area (Å²) in [5, 5.41) is 5.51. The van der Waals surface area contributed by atoms with E-state index in [0.717, 1.165) is 4.90 Å². The van der Waals surface area contributed by atoms with Gasteiger partial charge >= 0.3 is 6.03 Å². The summed E-state index contributed by atoms with van der Waals surface area (Å²) in [6, 6.07) is 15.1. The van der Waals surface area contributed by atoms with E-state index in [9.17, 15) is 19.2 Å². The number of hydrogen-bond acceptors (Lipinski definition) is 6. The summed E-state index contributed by atoms with van der Waals surface area (Å²) in [7, 11) is 1.54. The Morgan fingerprint density at radius 3 is 2.50 bits per heavy atom. The minimum atomic E-state index is -0.903. The zero-order chi connectivity index (χ0) is 27.4. The number of nitrogens with zero attached hydrogens (tertiary/aromatic N) is 1. The molecule has 0 atom stereocenters. The Hall–Kier alpha value is -4.34. The SMILES string of the molecule is COc1ccc(NC(=O)COc2ccc(Cl)cc2/C=C2/C(=O)NC(=O)N(c3cccc(Cl)c3C)C2=O)cc1. The molecule has 0 spiro atoms. The van der Waals surface area contributed by atoms with Gasteiger partial charge in [-0.05, 0) is 73.2 Å². The number of halogens is 2. The average molecular weight is 554 g/mol. The van der Waals surface area contributed by atoms with E-state index in [4.69, 9.17) is 32.7 Å². The van der Waals surface area contributed by atoms with Crippen molar-refractivity contribution >= 4 is 64.4 Å². The molecule has 38 heavy (non-hydrogen) atoms. The van der Waals surface area contributed by atoms with Gasteiger partial charge in [0.1, 0.15) is 17.1 Å². The molecule has 2 N–H and O–H groups in total. The number of hydrogen-bond donors (Lipinski definition) is 2. The van der Waals surface area contributed by atoms with E-state index in [-0.39, 0.29) is 29.2 Å². The normalized spacial score (nSPS) is 14.4. The summed E-state index contributed by atoms with van der Waals surface area (Å²) in [5.41, 5.74) is 1.18. The molecular formula is C27H21Cl2N3O6. The predicted octanol–water partition coefficient (Wildman–Crippen LogP) is 4.99. The summed E-state index contributed by atoms with van der Waals surface area (Å²) in [6.07, 6.45) is 1.25. The van der Waals surface area contributed by atoms with Gasteiger partial charge in [-0.1, -0.05) is 29.3 Å². The lowest BCUT2D eigenvalue weighted by molar-refractivity contribution is -0.122. The molecule has 9 nitrogen and oxygen atoms in total. The number of nitrogens with one attached hydrogen (secondary N) is 2. The van der Waals surface area contributed by atoms with Crippen LogP contribution in [0.15, 0.2) is 66.2 Å². The highest BCUT2D eigenvalue weighted by molar-refractivity contribution is 6.40. The van der Waals surface area contributed by atoms with E-state index in [1.807, 2.05) is 0 Å². The number of carbonyl (C=O) groups is 4. The molecule has 1 aliphatic rings. The lowest BCUT2D eigenvalue weighted by atomic mass is 10.0. The summed E-state index contributed by atoms with van der Waals surface area (Å²) in [5.74, 6) is -1.35. The molecule has 1 saturated heterocycles. The number of imide groups is 2. The Bertz CT molecular complexity index is 1470. The number of rotatable bonds is 7. The predicted molar refractivity (Wildman–Crippen MR) is 144 cm³/mol. The molecule has 11 heteroatoms. The second kappa shape index (κ2) is 11.4. The van der Waals surface area contributed by atoms with Crippen molar-refractivity contribution in [2.45, 2.75) is 6.92 Å². The van der Waals surface area contributed by atoms with Crippen molar-refractivity contribution < 1.29 is 28.7 Å². The summed E-state index contributed by atoms with van der Waals surface area (Å²) >= 11 is 12.3. The standard InChI is InChI=1S/C27H21Cl2N3O6/c1-15-21(29)4-3-5-22(15)32-26(35)20(25(34)31-27(32)36)13-16-12-17(28)6-11-23(16)38-14-24(33)30-18-7-9-19(37-2)10-8-18/h3-13H,14H2,1-2H3,(H,30,33)(H,31,34,36)/b20-13-. The van der Waals surface area contributed by atoms with Gasteiger partial charge in [-0.2, -0.15) is 0 Å².